The van der Waals surface area contributed by atoms with E-state index >= 15 is 0 Å². The lowest BCUT2D eigenvalue weighted by atomic mass is 10.4. The van der Waals surface area contributed by atoms with E-state index in [9.17, 15) is 0 Å². The average molecular weight is 209 g/mol. The van der Waals surface area contributed by atoms with Crippen molar-refractivity contribution in [3.8, 4) is 0 Å². The fraction of sp³-hybridized carbons (Fsp3) is 0.111. The SMILES string of the molecule is Clc1cc(NCc2ncc[nH]2)ccn1. The third-order valence-corrected chi connectivity index (χ3v) is 1.95. The molecule has 2 N–H and O–H groups in total. The van der Waals surface area contributed by atoms with E-state index in [0.717, 1.165) is 11.5 Å². The summed E-state index contributed by atoms with van der Waals surface area (Å²) in [5, 5.41) is 3.65. The minimum absolute atomic E-state index is 0.481. The van der Waals surface area contributed by atoms with Gasteiger partial charge in [-0.2, -0.15) is 0 Å². The molecule has 0 amide bonds. The van der Waals surface area contributed by atoms with Crippen LogP contribution in [-0.2, 0) is 6.54 Å². The Labute approximate surface area is 86.4 Å². The molecule has 2 rings (SSSR count). The van der Waals surface area contributed by atoms with E-state index in [4.69, 9.17) is 11.6 Å². The number of halogens is 1. The molecule has 2 aromatic heterocycles. The molecule has 0 aliphatic rings. The first-order valence-electron chi connectivity index (χ1n) is 4.18. The molecule has 0 saturated heterocycles. The van der Waals surface area contributed by atoms with Gasteiger partial charge in [-0.3, -0.25) is 0 Å². The number of rotatable bonds is 3. The highest BCUT2D eigenvalue weighted by molar-refractivity contribution is 6.29. The van der Waals surface area contributed by atoms with Gasteiger partial charge in [0.05, 0.1) is 6.54 Å². The van der Waals surface area contributed by atoms with Gasteiger partial charge in [-0.1, -0.05) is 11.6 Å². The summed E-state index contributed by atoms with van der Waals surface area (Å²) in [5.41, 5.74) is 0.932. The Bertz CT molecular complexity index is 399. The van der Waals surface area contributed by atoms with Crippen LogP contribution in [0.4, 0.5) is 5.69 Å². The molecule has 0 fully saturated rings. The third kappa shape index (κ3) is 2.23. The summed E-state index contributed by atoms with van der Waals surface area (Å²) in [7, 11) is 0. The van der Waals surface area contributed by atoms with Crippen molar-refractivity contribution in [3.05, 3.63) is 41.7 Å². The molecule has 0 unspecified atom stereocenters. The summed E-state index contributed by atoms with van der Waals surface area (Å²) >= 11 is 5.73. The van der Waals surface area contributed by atoms with Crippen LogP contribution >= 0.6 is 11.6 Å². The van der Waals surface area contributed by atoms with Crippen molar-refractivity contribution in [2.75, 3.05) is 5.32 Å². The molecule has 0 saturated carbocycles. The minimum Gasteiger partial charge on any atom is -0.378 e. The van der Waals surface area contributed by atoms with Gasteiger partial charge in [0.15, 0.2) is 0 Å². The Balaban J connectivity index is 1.98. The molecule has 2 heterocycles. The maximum absolute atomic E-state index is 5.73. The zero-order chi connectivity index (χ0) is 9.80. The number of anilines is 1. The lowest BCUT2D eigenvalue weighted by molar-refractivity contribution is 0.999. The first-order chi connectivity index (χ1) is 6.84. The Hall–Kier alpha value is -1.55. The van der Waals surface area contributed by atoms with Gasteiger partial charge in [-0.15, -0.1) is 0 Å². The summed E-state index contributed by atoms with van der Waals surface area (Å²) in [4.78, 5) is 11.0. The van der Waals surface area contributed by atoms with Crippen LogP contribution in [0.15, 0.2) is 30.7 Å². The molecule has 4 nitrogen and oxygen atoms in total. The molecule has 0 atom stereocenters. The fourth-order valence-corrected chi connectivity index (χ4v) is 1.27. The van der Waals surface area contributed by atoms with Gasteiger partial charge >= 0.3 is 0 Å². The number of hydrogen-bond acceptors (Lipinski definition) is 3. The van der Waals surface area contributed by atoms with Gasteiger partial charge in [0.1, 0.15) is 11.0 Å². The van der Waals surface area contributed by atoms with Crippen molar-refractivity contribution in [3.63, 3.8) is 0 Å². The number of hydrogen-bond donors (Lipinski definition) is 2. The van der Waals surface area contributed by atoms with Crippen LogP contribution in [0.1, 0.15) is 5.82 Å². The lowest BCUT2D eigenvalue weighted by Gasteiger charge is -2.03. The number of H-pyrrole nitrogens is 1. The number of aromatic amines is 1. The number of pyridine rings is 1. The van der Waals surface area contributed by atoms with Crippen LogP contribution in [-0.4, -0.2) is 15.0 Å². The van der Waals surface area contributed by atoms with Crippen LogP contribution in [0.2, 0.25) is 5.15 Å². The highest BCUT2D eigenvalue weighted by Gasteiger charge is 1.96. The molecule has 0 spiro atoms. The number of nitrogens with zero attached hydrogens (tertiary/aromatic N) is 2. The van der Waals surface area contributed by atoms with Crippen molar-refractivity contribution >= 4 is 17.3 Å². The van der Waals surface area contributed by atoms with Crippen LogP contribution in [0.3, 0.4) is 0 Å². The monoisotopic (exact) mass is 208 g/mol. The van der Waals surface area contributed by atoms with E-state index in [1.807, 2.05) is 6.07 Å². The van der Waals surface area contributed by atoms with Crippen molar-refractivity contribution in [1.29, 1.82) is 0 Å². The maximum atomic E-state index is 5.73. The smallest absolute Gasteiger partial charge is 0.131 e. The second-order valence-corrected chi connectivity index (χ2v) is 3.14. The van der Waals surface area contributed by atoms with Crippen molar-refractivity contribution in [2.24, 2.45) is 0 Å². The molecule has 2 aromatic rings. The predicted octanol–water partition coefficient (Wildman–Crippen LogP) is 2.07. The molecule has 72 valence electrons. The number of aromatic nitrogens is 3. The molecular weight excluding hydrogens is 200 g/mol. The molecule has 0 radical (unpaired) electrons. The van der Waals surface area contributed by atoms with E-state index in [-0.39, 0.29) is 0 Å². The average Bonchev–Trinajstić information content (AvgIpc) is 2.67. The Morgan fingerprint density at radius 1 is 1.36 bits per heavy atom. The van der Waals surface area contributed by atoms with Crippen LogP contribution < -0.4 is 5.32 Å². The minimum atomic E-state index is 0.481. The van der Waals surface area contributed by atoms with Crippen molar-refractivity contribution < 1.29 is 0 Å². The predicted molar refractivity (Wildman–Crippen MR) is 55.2 cm³/mol. The normalized spacial score (nSPS) is 10.1. The van der Waals surface area contributed by atoms with Gasteiger partial charge in [0.25, 0.3) is 0 Å². The molecular formula is C9H9ClN4. The number of nitrogens with one attached hydrogen (secondary N) is 2. The highest BCUT2D eigenvalue weighted by atomic mass is 35.5. The van der Waals surface area contributed by atoms with Gasteiger partial charge in [0, 0.05) is 24.3 Å². The lowest BCUT2D eigenvalue weighted by Crippen LogP contribution is -2.00. The van der Waals surface area contributed by atoms with Crippen molar-refractivity contribution in [1.82, 2.24) is 15.0 Å². The van der Waals surface area contributed by atoms with Crippen LogP contribution in [0, 0.1) is 0 Å². The van der Waals surface area contributed by atoms with Crippen LogP contribution in [0.5, 0.6) is 0 Å². The largest absolute Gasteiger partial charge is 0.378 e. The Kier molecular flexibility index (Phi) is 2.65. The third-order valence-electron chi connectivity index (χ3n) is 1.74. The topological polar surface area (TPSA) is 53.6 Å². The second kappa shape index (κ2) is 4.11. The molecule has 5 heteroatoms. The molecule has 0 aliphatic heterocycles. The number of imidazole rings is 1. The summed E-state index contributed by atoms with van der Waals surface area (Å²) in [6.07, 6.45) is 5.17. The standard InChI is InChI=1S/C9H9ClN4/c10-8-5-7(1-2-11-8)14-6-9-12-3-4-13-9/h1-5H,6H2,(H,11,14)(H,12,13). The van der Waals surface area contributed by atoms with E-state index in [0.29, 0.717) is 11.7 Å². The quantitative estimate of drug-likeness (QED) is 0.760. The van der Waals surface area contributed by atoms with Crippen molar-refractivity contribution in [2.45, 2.75) is 6.54 Å². The highest BCUT2D eigenvalue weighted by Crippen LogP contribution is 2.12. The van der Waals surface area contributed by atoms with E-state index in [1.165, 1.54) is 0 Å². The fourth-order valence-electron chi connectivity index (χ4n) is 1.09. The first kappa shape index (κ1) is 9.02. The zero-order valence-electron chi connectivity index (χ0n) is 7.37. The Morgan fingerprint density at radius 2 is 2.29 bits per heavy atom. The van der Waals surface area contributed by atoms with Gasteiger partial charge < -0.3 is 10.3 Å². The van der Waals surface area contributed by atoms with Gasteiger partial charge in [0.2, 0.25) is 0 Å². The second-order valence-electron chi connectivity index (χ2n) is 2.76. The molecule has 0 aliphatic carbocycles. The maximum Gasteiger partial charge on any atom is 0.131 e. The molecule has 14 heavy (non-hydrogen) atoms. The first-order valence-corrected chi connectivity index (χ1v) is 4.56. The zero-order valence-corrected chi connectivity index (χ0v) is 8.12. The van der Waals surface area contributed by atoms with E-state index in [1.54, 1.807) is 24.7 Å². The van der Waals surface area contributed by atoms with Gasteiger partial charge in [-0.25, -0.2) is 9.97 Å². The molecule has 0 bridgehead atoms. The summed E-state index contributed by atoms with van der Waals surface area (Å²) in [5.74, 6) is 0.887. The van der Waals surface area contributed by atoms with E-state index in [2.05, 4.69) is 20.3 Å². The summed E-state index contributed by atoms with van der Waals surface area (Å²) in [6.45, 7) is 0.646. The molecule has 0 aromatic carbocycles. The Morgan fingerprint density at radius 3 is 3.00 bits per heavy atom. The van der Waals surface area contributed by atoms with Crippen LogP contribution in [0.25, 0.3) is 0 Å². The van der Waals surface area contributed by atoms with E-state index < -0.39 is 0 Å². The summed E-state index contributed by atoms with van der Waals surface area (Å²) < 4.78 is 0. The summed E-state index contributed by atoms with van der Waals surface area (Å²) in [6, 6.07) is 3.62. The van der Waals surface area contributed by atoms with Gasteiger partial charge in [-0.05, 0) is 12.1 Å².